The predicted molar refractivity (Wildman–Crippen MR) is 82.7 cm³/mol. The number of fused-ring (bicyclic) bond motifs is 1. The third-order valence-corrected chi connectivity index (χ3v) is 3.56. The van der Waals surface area contributed by atoms with Gasteiger partial charge in [-0.1, -0.05) is 18.2 Å². The molecule has 0 fully saturated rings. The molecule has 0 aromatic heterocycles. The highest BCUT2D eigenvalue weighted by atomic mass is 16.5. The quantitative estimate of drug-likeness (QED) is 0.943. The molecular formula is C17H17NO4. The minimum absolute atomic E-state index is 0.188. The van der Waals surface area contributed by atoms with Crippen LogP contribution in [0.5, 0.6) is 17.2 Å². The molecule has 0 bridgehead atoms. The normalized spacial score (nSPS) is 15.6. The molecule has 1 amide bonds. The van der Waals surface area contributed by atoms with Crippen LogP contribution < -0.4 is 19.5 Å². The van der Waals surface area contributed by atoms with Crippen molar-refractivity contribution in [2.75, 3.05) is 19.5 Å². The molecule has 3 rings (SSSR count). The van der Waals surface area contributed by atoms with Crippen molar-refractivity contribution in [1.82, 2.24) is 0 Å². The van der Waals surface area contributed by atoms with Crippen LogP contribution in [0, 0.1) is 0 Å². The molecule has 114 valence electrons. The molecule has 1 atom stereocenters. The number of carbonyl (C=O) groups is 1. The summed E-state index contributed by atoms with van der Waals surface area (Å²) in [6.07, 6.45) is 0.0536. The average Bonchev–Trinajstić information content (AvgIpc) is 2.98. The Kier molecular flexibility index (Phi) is 3.87. The molecule has 2 aromatic carbocycles. The van der Waals surface area contributed by atoms with Crippen molar-refractivity contribution < 1.29 is 19.0 Å². The maximum atomic E-state index is 12.4. The fourth-order valence-electron chi connectivity index (χ4n) is 2.43. The van der Waals surface area contributed by atoms with Crippen molar-refractivity contribution in [3.8, 4) is 17.2 Å². The molecule has 1 aliphatic rings. The molecule has 0 radical (unpaired) electrons. The summed E-state index contributed by atoms with van der Waals surface area (Å²) in [7, 11) is 3.13. The molecule has 22 heavy (non-hydrogen) atoms. The first kappa shape index (κ1) is 14.3. The van der Waals surface area contributed by atoms with E-state index in [1.165, 1.54) is 0 Å². The van der Waals surface area contributed by atoms with Gasteiger partial charge in [0, 0.05) is 30.3 Å². The summed E-state index contributed by atoms with van der Waals surface area (Å²) < 4.78 is 16.1. The van der Waals surface area contributed by atoms with E-state index < -0.39 is 6.10 Å². The Balaban J connectivity index is 1.73. The second-order valence-corrected chi connectivity index (χ2v) is 5.01. The van der Waals surface area contributed by atoms with E-state index in [0.717, 1.165) is 11.3 Å². The van der Waals surface area contributed by atoms with Gasteiger partial charge in [0.05, 0.1) is 14.2 Å². The fourth-order valence-corrected chi connectivity index (χ4v) is 2.43. The standard InChI is InChI=1S/C17H17NO4/c1-20-13-8-12(9-14(10-13)21-2)18-17(19)16-7-11-5-3-4-6-15(11)22-16/h3-6,8-10,16H,7H2,1-2H3,(H,18,19)/t16-/m0/s1. The third kappa shape index (κ3) is 2.83. The van der Waals surface area contributed by atoms with Gasteiger partial charge in [-0.25, -0.2) is 0 Å². The number of amides is 1. The van der Waals surface area contributed by atoms with Gasteiger partial charge in [0.25, 0.3) is 5.91 Å². The topological polar surface area (TPSA) is 56.8 Å². The first-order chi connectivity index (χ1) is 10.7. The Morgan fingerprint density at radius 3 is 2.45 bits per heavy atom. The van der Waals surface area contributed by atoms with Crippen molar-refractivity contribution in [3.05, 3.63) is 48.0 Å². The molecule has 0 spiro atoms. The van der Waals surface area contributed by atoms with Gasteiger partial charge in [0.2, 0.25) is 0 Å². The summed E-state index contributed by atoms with van der Waals surface area (Å²) >= 11 is 0. The van der Waals surface area contributed by atoms with Crippen LogP contribution in [-0.4, -0.2) is 26.2 Å². The van der Waals surface area contributed by atoms with E-state index >= 15 is 0 Å². The summed E-state index contributed by atoms with van der Waals surface area (Å²) in [5, 5.41) is 2.84. The number of ether oxygens (including phenoxy) is 3. The zero-order chi connectivity index (χ0) is 15.5. The van der Waals surface area contributed by atoms with E-state index in [0.29, 0.717) is 23.6 Å². The third-order valence-electron chi connectivity index (χ3n) is 3.56. The molecule has 5 nitrogen and oxygen atoms in total. The van der Waals surface area contributed by atoms with Crippen LogP contribution in [0.25, 0.3) is 0 Å². The highest BCUT2D eigenvalue weighted by Gasteiger charge is 2.28. The number of hydrogen-bond donors (Lipinski definition) is 1. The molecular weight excluding hydrogens is 282 g/mol. The molecule has 0 saturated heterocycles. The van der Waals surface area contributed by atoms with E-state index in [9.17, 15) is 4.79 Å². The molecule has 1 aliphatic heterocycles. The molecule has 0 aliphatic carbocycles. The van der Waals surface area contributed by atoms with Crippen LogP contribution in [0.1, 0.15) is 5.56 Å². The minimum atomic E-state index is -0.519. The van der Waals surface area contributed by atoms with Crippen LogP contribution in [0.3, 0.4) is 0 Å². The van der Waals surface area contributed by atoms with Crippen molar-refractivity contribution in [1.29, 1.82) is 0 Å². The Morgan fingerprint density at radius 1 is 1.14 bits per heavy atom. The first-order valence-corrected chi connectivity index (χ1v) is 6.98. The van der Waals surface area contributed by atoms with Gasteiger partial charge >= 0.3 is 0 Å². The van der Waals surface area contributed by atoms with Crippen molar-refractivity contribution in [3.63, 3.8) is 0 Å². The monoisotopic (exact) mass is 299 g/mol. The predicted octanol–water partition coefficient (Wildman–Crippen LogP) is 2.65. The van der Waals surface area contributed by atoms with E-state index in [2.05, 4.69) is 5.32 Å². The first-order valence-electron chi connectivity index (χ1n) is 6.98. The molecule has 0 unspecified atom stereocenters. The largest absolute Gasteiger partial charge is 0.497 e. The Hall–Kier alpha value is -2.69. The number of carbonyl (C=O) groups excluding carboxylic acids is 1. The average molecular weight is 299 g/mol. The molecule has 2 aromatic rings. The van der Waals surface area contributed by atoms with Crippen LogP contribution in [0.2, 0.25) is 0 Å². The van der Waals surface area contributed by atoms with Crippen molar-refractivity contribution in [2.45, 2.75) is 12.5 Å². The zero-order valence-electron chi connectivity index (χ0n) is 12.5. The highest BCUT2D eigenvalue weighted by Crippen LogP contribution is 2.30. The van der Waals surface area contributed by atoms with Gasteiger partial charge < -0.3 is 19.5 Å². The van der Waals surface area contributed by atoms with Crippen LogP contribution in [0.15, 0.2) is 42.5 Å². The van der Waals surface area contributed by atoms with E-state index in [-0.39, 0.29) is 5.91 Å². The van der Waals surface area contributed by atoms with Gasteiger partial charge in [-0.15, -0.1) is 0 Å². The summed E-state index contributed by atoms with van der Waals surface area (Å²) in [5.74, 6) is 1.81. The lowest BCUT2D eigenvalue weighted by atomic mass is 10.1. The SMILES string of the molecule is COc1cc(NC(=O)[C@@H]2Cc3ccccc3O2)cc(OC)c1. The lowest BCUT2D eigenvalue weighted by molar-refractivity contribution is -0.122. The highest BCUT2D eigenvalue weighted by molar-refractivity contribution is 5.95. The summed E-state index contributed by atoms with van der Waals surface area (Å²) in [4.78, 5) is 12.4. The molecule has 0 saturated carbocycles. The van der Waals surface area contributed by atoms with Crippen molar-refractivity contribution >= 4 is 11.6 Å². The van der Waals surface area contributed by atoms with Crippen LogP contribution >= 0.6 is 0 Å². The van der Waals surface area contributed by atoms with Gasteiger partial charge in [-0.05, 0) is 11.6 Å². The Bertz CT molecular complexity index is 652. The van der Waals surface area contributed by atoms with Crippen molar-refractivity contribution in [2.24, 2.45) is 0 Å². The fraction of sp³-hybridized carbons (Fsp3) is 0.235. The van der Waals surface area contributed by atoms with Gasteiger partial charge in [-0.2, -0.15) is 0 Å². The number of para-hydroxylation sites is 1. The maximum absolute atomic E-state index is 12.4. The second kappa shape index (κ2) is 5.97. The lowest BCUT2D eigenvalue weighted by Crippen LogP contribution is -2.31. The van der Waals surface area contributed by atoms with Gasteiger partial charge in [-0.3, -0.25) is 4.79 Å². The van der Waals surface area contributed by atoms with E-state index in [4.69, 9.17) is 14.2 Å². The number of anilines is 1. The van der Waals surface area contributed by atoms with Crippen LogP contribution in [0.4, 0.5) is 5.69 Å². The number of hydrogen-bond acceptors (Lipinski definition) is 4. The summed E-state index contributed by atoms with van der Waals surface area (Å²) in [5.41, 5.74) is 1.66. The number of nitrogens with one attached hydrogen (secondary N) is 1. The molecule has 5 heteroatoms. The number of benzene rings is 2. The van der Waals surface area contributed by atoms with Crippen LogP contribution in [-0.2, 0) is 11.2 Å². The number of methoxy groups -OCH3 is 2. The summed E-state index contributed by atoms with van der Waals surface area (Å²) in [6, 6.07) is 12.9. The van der Waals surface area contributed by atoms with E-state index in [1.54, 1.807) is 32.4 Å². The van der Waals surface area contributed by atoms with Gasteiger partial charge in [0.15, 0.2) is 6.10 Å². The zero-order valence-corrected chi connectivity index (χ0v) is 12.5. The minimum Gasteiger partial charge on any atom is -0.497 e. The molecule has 1 heterocycles. The Morgan fingerprint density at radius 2 is 1.82 bits per heavy atom. The lowest BCUT2D eigenvalue weighted by Gasteiger charge is -2.13. The molecule has 1 N–H and O–H groups in total. The maximum Gasteiger partial charge on any atom is 0.265 e. The second-order valence-electron chi connectivity index (χ2n) is 5.01. The number of rotatable bonds is 4. The smallest absolute Gasteiger partial charge is 0.265 e. The Labute approximate surface area is 128 Å². The summed E-state index contributed by atoms with van der Waals surface area (Å²) in [6.45, 7) is 0. The van der Waals surface area contributed by atoms with E-state index in [1.807, 2.05) is 24.3 Å². The van der Waals surface area contributed by atoms with Gasteiger partial charge in [0.1, 0.15) is 17.2 Å².